The Hall–Kier alpha value is -15.1. The van der Waals surface area contributed by atoms with Gasteiger partial charge >= 0.3 is 0 Å². The molecular formula is C110H88Ir4N24O2-16. The van der Waals surface area contributed by atoms with Crippen LogP contribution in [0.4, 0.5) is 103 Å². The minimum absolute atomic E-state index is 0. The zero-order chi connectivity index (χ0) is 92.5. The second-order valence-electron chi connectivity index (χ2n) is 31.2. The van der Waals surface area contributed by atoms with Gasteiger partial charge in [-0.1, -0.05) is 94.9 Å². The maximum Gasteiger partial charge on any atom is 0.145 e. The molecule has 0 saturated heterocycles. The minimum atomic E-state index is 0. The summed E-state index contributed by atoms with van der Waals surface area (Å²) in [6, 6.07) is 117. The number of hydrogen-bond donors (Lipinski definition) is 0. The average Bonchev–Trinajstić information content (AvgIpc) is 1.62. The number of rotatable bonds is 10. The summed E-state index contributed by atoms with van der Waals surface area (Å²) in [4.78, 5) is 67.1. The van der Waals surface area contributed by atoms with Crippen LogP contribution in [0.2, 0.25) is 0 Å². The van der Waals surface area contributed by atoms with E-state index in [1.54, 1.807) is 49.6 Å². The molecule has 712 valence electrons. The summed E-state index contributed by atoms with van der Waals surface area (Å²) in [6.07, 6.45) is 29.6. The molecule has 12 aromatic carbocycles. The number of para-hydroxylation sites is 10. The molecular weight excluding hydrogens is 2460 g/mol. The topological polar surface area (TPSA) is 181 Å². The number of fused-ring (bicyclic) bond motifs is 10. The fourth-order valence-electron chi connectivity index (χ4n) is 15.4. The van der Waals surface area contributed by atoms with E-state index in [0.29, 0.717) is 0 Å². The van der Waals surface area contributed by atoms with Gasteiger partial charge in [-0.05, 0) is 128 Å². The zero-order valence-electron chi connectivity index (χ0n) is 76.3. The van der Waals surface area contributed by atoms with Gasteiger partial charge in [0.1, 0.15) is 57.7 Å². The average molecular weight is 2550 g/mol. The maximum atomic E-state index is 5.99. The van der Waals surface area contributed by atoms with Gasteiger partial charge in [0.2, 0.25) is 0 Å². The van der Waals surface area contributed by atoms with Crippen molar-refractivity contribution in [2.45, 2.75) is 0 Å². The van der Waals surface area contributed by atoms with E-state index < -0.39 is 0 Å². The van der Waals surface area contributed by atoms with E-state index in [2.05, 4.69) is 101 Å². The molecule has 140 heavy (non-hydrogen) atoms. The monoisotopic (exact) mass is 2550 g/mol. The number of furan rings is 2. The largest absolute Gasteiger partial charge is 0.514 e. The summed E-state index contributed by atoms with van der Waals surface area (Å²) >= 11 is 0. The molecule has 30 heteroatoms. The van der Waals surface area contributed by atoms with Crippen LogP contribution in [0.1, 0.15) is 0 Å². The Balaban J connectivity index is 0.000000121. The molecule has 26 nitrogen and oxygen atoms in total. The van der Waals surface area contributed by atoms with Crippen LogP contribution in [0.5, 0.6) is 0 Å². The number of aromatic nitrogens is 8. The molecule has 0 bridgehead atoms. The molecule has 18 aromatic rings. The van der Waals surface area contributed by atoms with Gasteiger partial charge in [0.15, 0.2) is 0 Å². The number of anilines is 18. The zero-order valence-corrected chi connectivity index (χ0v) is 85.9. The molecule has 0 fully saturated rings. The van der Waals surface area contributed by atoms with Gasteiger partial charge in [-0.3, -0.25) is 0 Å². The molecule has 0 aliphatic carbocycles. The first kappa shape index (κ1) is 99.4. The Kier molecular flexibility index (Phi) is 33.6. The van der Waals surface area contributed by atoms with Crippen molar-refractivity contribution in [2.24, 2.45) is 0 Å². The number of nitrogens with zero attached hydrogens (tertiary/aromatic N) is 24. The summed E-state index contributed by atoms with van der Waals surface area (Å²) in [5.74, 6) is 6.66. The summed E-state index contributed by atoms with van der Waals surface area (Å²) < 4.78 is 12.0. The van der Waals surface area contributed by atoms with Crippen molar-refractivity contribution in [2.75, 3.05) is 101 Å². The van der Waals surface area contributed by atoms with Crippen LogP contribution in [0.3, 0.4) is 0 Å². The standard InChI is InChI=1S/2C17H12N4.2C16H12N2O.2C12H10N4.2C10H10N2.4Ir/c2*1-3-7-14(8-4-1)20-13-21(15-9-5-2-6-10-15)17-16(20)18-11-12-19-17;2*1-17-9-10-18(11-17)14-7-4-6-13-12-5-2-3-8-15(12)19-16(13)14;2*1-15-9-16(10-5-3-2-4-6-10)12-11(15)13-7-8-14-12;2*1-11-7-8-12(9-11)10-5-3-2-4-6-10;;;;/h2*1-9,11-13H;2*2-6,8-11H,1H3;2*2-5,7-9H,1H3;2*2-5,7-9H,1H3;;;;/q8*-2;;;;. The van der Waals surface area contributed by atoms with Gasteiger partial charge in [-0.15, -0.1) is 60.8 Å². The Bertz CT molecular complexity index is 6590. The fourth-order valence-corrected chi connectivity index (χ4v) is 15.4. The maximum absolute atomic E-state index is 5.99. The van der Waals surface area contributed by atoms with E-state index in [9.17, 15) is 0 Å². The molecule has 8 aliphatic heterocycles. The summed E-state index contributed by atoms with van der Waals surface area (Å²) in [7, 11) is 11.9. The molecule has 4 radical (unpaired) electrons. The van der Waals surface area contributed by atoms with Gasteiger partial charge in [-0.2, -0.15) is 245 Å². The summed E-state index contributed by atoms with van der Waals surface area (Å²) in [5, 5.41) is 4.54. The molecule has 14 heterocycles. The molecule has 26 rings (SSSR count). The predicted molar refractivity (Wildman–Crippen MR) is 539 cm³/mol. The van der Waals surface area contributed by atoms with Crippen LogP contribution in [0, 0.1) is 102 Å². The molecule has 0 N–H and O–H groups in total. The van der Waals surface area contributed by atoms with E-state index in [1.807, 2.05) is 491 Å². The van der Waals surface area contributed by atoms with Gasteiger partial charge in [0.25, 0.3) is 0 Å². The second-order valence-corrected chi connectivity index (χ2v) is 31.2. The van der Waals surface area contributed by atoms with Gasteiger partial charge < -0.3 is 87.2 Å². The summed E-state index contributed by atoms with van der Waals surface area (Å²) in [5.41, 5.74) is 13.5. The van der Waals surface area contributed by atoms with Crippen LogP contribution in [0.25, 0.3) is 43.9 Å². The van der Waals surface area contributed by atoms with Gasteiger partial charge in [0.05, 0.1) is 0 Å². The van der Waals surface area contributed by atoms with E-state index in [0.717, 1.165) is 147 Å². The third kappa shape index (κ3) is 22.8. The molecule has 0 amide bonds. The molecule has 0 atom stereocenters. The van der Waals surface area contributed by atoms with Crippen molar-refractivity contribution in [3.8, 4) is 0 Å². The quantitative estimate of drug-likeness (QED) is 0.118. The molecule has 6 aromatic heterocycles. The predicted octanol–water partition coefficient (Wildman–Crippen LogP) is 22.4. The number of hydrogen-bond acceptors (Lipinski definition) is 26. The first-order valence-corrected chi connectivity index (χ1v) is 43.5. The Morgan fingerprint density at radius 2 is 0.471 bits per heavy atom. The molecule has 8 aliphatic rings. The Morgan fingerprint density at radius 1 is 0.214 bits per heavy atom. The van der Waals surface area contributed by atoms with Crippen LogP contribution in [0.15, 0.2) is 387 Å². The van der Waals surface area contributed by atoms with Crippen molar-refractivity contribution in [1.29, 1.82) is 0 Å². The van der Waals surface area contributed by atoms with Crippen molar-refractivity contribution >= 4 is 147 Å². The first-order valence-electron chi connectivity index (χ1n) is 43.5. The Morgan fingerprint density at radius 3 is 0.764 bits per heavy atom. The van der Waals surface area contributed by atoms with Gasteiger partial charge in [0, 0.05) is 163 Å². The van der Waals surface area contributed by atoms with Crippen LogP contribution in [-0.4, -0.2) is 102 Å². The molecule has 0 unspecified atom stereocenters. The fraction of sp³-hybridized carbons (Fsp3) is 0.0545. The van der Waals surface area contributed by atoms with Crippen molar-refractivity contribution in [1.82, 2.24) is 59.5 Å². The normalized spacial score (nSPS) is 14.0. The molecule has 0 saturated carbocycles. The minimum Gasteiger partial charge on any atom is -0.514 e. The van der Waals surface area contributed by atoms with E-state index in [1.165, 1.54) is 0 Å². The smallest absolute Gasteiger partial charge is 0.145 e. The second kappa shape index (κ2) is 47.3. The third-order valence-corrected chi connectivity index (χ3v) is 21.8. The Labute approximate surface area is 870 Å². The van der Waals surface area contributed by atoms with Gasteiger partial charge in [-0.25, -0.2) is 39.9 Å². The van der Waals surface area contributed by atoms with E-state index in [4.69, 9.17) is 8.83 Å². The van der Waals surface area contributed by atoms with Crippen molar-refractivity contribution < 1.29 is 89.3 Å². The van der Waals surface area contributed by atoms with Crippen molar-refractivity contribution in [3.05, 3.63) is 480 Å². The van der Waals surface area contributed by atoms with Crippen LogP contribution in [-0.2, 0) is 80.4 Å². The van der Waals surface area contributed by atoms with E-state index in [-0.39, 0.29) is 80.4 Å². The third-order valence-electron chi connectivity index (χ3n) is 21.8. The molecule has 0 spiro atoms. The van der Waals surface area contributed by atoms with E-state index >= 15 is 0 Å². The van der Waals surface area contributed by atoms with Crippen molar-refractivity contribution in [3.63, 3.8) is 0 Å². The first-order chi connectivity index (χ1) is 67.0. The van der Waals surface area contributed by atoms with Crippen LogP contribution >= 0.6 is 0 Å². The SMILES string of the molecule is CN1C=CN(c2[c-]ccc3c2oc2ccccc23)[CH-]1.CN1C=CN(c2[c-]ccc3c2oc2ccccc23)[CH-]1.CN1C=CN(c2[c-]cccc2)[CH-]1.CN1C=CN(c2[c-]cccc2)[CH-]1.CN1[CH-]N(c2[c-]cccc2)c2nccnc21.CN1[CH-]N(c2[c-]cccc2)c2nccnc21.[Ir].[Ir].[Ir].[Ir].[c-]1ccccc1N1[CH-]N(c2ccccc2)c2nccnc21.[c-]1ccccc1N1[CH-]N(c2ccccc2)c2nccnc21. The number of benzene rings is 12. The van der Waals surface area contributed by atoms with Crippen LogP contribution < -0.4 is 58.8 Å². The summed E-state index contributed by atoms with van der Waals surface area (Å²) in [6.45, 7) is 15.9.